The van der Waals surface area contributed by atoms with Gasteiger partial charge in [-0.2, -0.15) is 0 Å². The normalized spacial score (nSPS) is 24.4. The predicted octanol–water partition coefficient (Wildman–Crippen LogP) is 5.50. The SMILES string of the molecule is CC1=Nc2c(c(=O)[nH]n2[C@H]2CCOC(C)(C)C2)[C@H](c2ccc(Cl)cc2Cl)S1. The van der Waals surface area contributed by atoms with Gasteiger partial charge in [0.25, 0.3) is 5.56 Å². The monoisotopic (exact) mass is 425 g/mol. The molecule has 2 atom stereocenters. The second-order valence-electron chi connectivity index (χ2n) is 7.60. The highest BCUT2D eigenvalue weighted by molar-refractivity contribution is 8.14. The van der Waals surface area contributed by atoms with Gasteiger partial charge in [-0.25, -0.2) is 4.99 Å². The Morgan fingerprint density at radius 1 is 1.37 bits per heavy atom. The van der Waals surface area contributed by atoms with E-state index < -0.39 is 0 Å². The van der Waals surface area contributed by atoms with Gasteiger partial charge in [-0.15, -0.1) is 0 Å². The number of rotatable bonds is 2. The number of ether oxygens (including phenoxy) is 1. The summed E-state index contributed by atoms with van der Waals surface area (Å²) in [5.41, 5.74) is 1.18. The molecule has 2 aliphatic rings. The maximum Gasteiger partial charge on any atom is 0.271 e. The first-order valence-electron chi connectivity index (χ1n) is 8.90. The summed E-state index contributed by atoms with van der Waals surface area (Å²) in [5.74, 6) is 0.704. The Balaban J connectivity index is 1.82. The standard InChI is InChI=1S/C19H21Cl2N3O2S/c1-10-22-17-15(16(27-10)13-5-4-11(20)8-14(13)21)18(25)23-24(17)12-6-7-26-19(2,3)9-12/h4-5,8,12,16H,6-7,9H2,1-3H3,(H,23,25)/t12-,16-/m0/s1. The number of nitrogens with zero attached hydrogens (tertiary/aromatic N) is 2. The molecule has 0 amide bonds. The van der Waals surface area contributed by atoms with Gasteiger partial charge in [-0.3, -0.25) is 14.6 Å². The molecule has 5 nitrogen and oxygen atoms in total. The average molecular weight is 426 g/mol. The van der Waals surface area contributed by atoms with E-state index in [2.05, 4.69) is 18.9 Å². The number of hydrogen-bond donors (Lipinski definition) is 1. The van der Waals surface area contributed by atoms with E-state index in [0.29, 0.717) is 28.0 Å². The maximum absolute atomic E-state index is 12.9. The number of aliphatic imine (C=N–C) groups is 1. The summed E-state index contributed by atoms with van der Waals surface area (Å²) < 4.78 is 7.76. The average Bonchev–Trinajstić information content (AvgIpc) is 2.90. The van der Waals surface area contributed by atoms with Crippen LogP contribution in [0, 0.1) is 0 Å². The first kappa shape index (κ1) is 19.1. The highest BCUT2D eigenvalue weighted by Gasteiger charge is 2.36. The molecule has 0 unspecified atom stereocenters. The minimum absolute atomic E-state index is 0.117. The fourth-order valence-corrected chi connectivity index (χ4v) is 5.55. The summed E-state index contributed by atoms with van der Waals surface area (Å²) in [6.45, 7) is 6.78. The Kier molecular flexibility index (Phi) is 4.95. The van der Waals surface area contributed by atoms with Gasteiger partial charge in [0.2, 0.25) is 0 Å². The molecule has 1 aromatic heterocycles. The Hall–Kier alpha value is -1.21. The molecule has 1 saturated heterocycles. The summed E-state index contributed by atoms with van der Waals surface area (Å²) >= 11 is 14.0. The van der Waals surface area contributed by atoms with Crippen molar-refractivity contribution in [3.63, 3.8) is 0 Å². The molecule has 3 heterocycles. The predicted molar refractivity (Wildman–Crippen MR) is 112 cm³/mol. The van der Waals surface area contributed by atoms with Crippen LogP contribution in [0.15, 0.2) is 28.0 Å². The van der Waals surface area contributed by atoms with E-state index in [1.807, 2.05) is 17.7 Å². The molecular weight excluding hydrogens is 405 g/mol. The van der Waals surface area contributed by atoms with Crippen molar-refractivity contribution in [2.45, 2.75) is 50.5 Å². The van der Waals surface area contributed by atoms with Crippen LogP contribution in [-0.2, 0) is 4.74 Å². The van der Waals surface area contributed by atoms with E-state index in [1.165, 1.54) is 0 Å². The fourth-order valence-electron chi connectivity index (χ4n) is 3.83. The van der Waals surface area contributed by atoms with Crippen LogP contribution in [-0.4, -0.2) is 27.0 Å². The third kappa shape index (κ3) is 3.60. The lowest BCUT2D eigenvalue weighted by Gasteiger charge is -2.36. The summed E-state index contributed by atoms with van der Waals surface area (Å²) in [7, 11) is 0. The zero-order valence-electron chi connectivity index (χ0n) is 15.4. The van der Waals surface area contributed by atoms with E-state index in [1.54, 1.807) is 23.9 Å². The Morgan fingerprint density at radius 3 is 2.85 bits per heavy atom. The molecule has 1 aromatic carbocycles. The van der Waals surface area contributed by atoms with Gasteiger partial charge >= 0.3 is 0 Å². The molecule has 0 spiro atoms. The van der Waals surface area contributed by atoms with Crippen molar-refractivity contribution in [1.82, 2.24) is 9.78 Å². The van der Waals surface area contributed by atoms with E-state index in [9.17, 15) is 4.79 Å². The third-order valence-electron chi connectivity index (χ3n) is 5.03. The molecule has 4 rings (SSSR count). The van der Waals surface area contributed by atoms with Crippen molar-refractivity contribution in [3.8, 4) is 0 Å². The zero-order chi connectivity index (χ0) is 19.3. The third-order valence-corrected chi connectivity index (χ3v) is 6.75. The minimum atomic E-state index is -0.224. The lowest BCUT2D eigenvalue weighted by molar-refractivity contribution is -0.0705. The van der Waals surface area contributed by atoms with E-state index in [0.717, 1.165) is 23.4 Å². The number of fused-ring (bicyclic) bond motifs is 1. The topological polar surface area (TPSA) is 59.4 Å². The molecular formula is C19H21Cl2N3O2S. The number of nitrogens with one attached hydrogen (secondary N) is 1. The summed E-state index contributed by atoms with van der Waals surface area (Å²) in [6, 6.07) is 5.55. The van der Waals surface area contributed by atoms with Crippen LogP contribution < -0.4 is 5.56 Å². The van der Waals surface area contributed by atoms with Gasteiger partial charge in [0, 0.05) is 16.7 Å². The van der Waals surface area contributed by atoms with Crippen LogP contribution in [0.5, 0.6) is 0 Å². The van der Waals surface area contributed by atoms with Crippen molar-refractivity contribution in [1.29, 1.82) is 0 Å². The van der Waals surface area contributed by atoms with Crippen LogP contribution in [0.25, 0.3) is 0 Å². The molecule has 2 aliphatic heterocycles. The van der Waals surface area contributed by atoms with E-state index >= 15 is 0 Å². The first-order valence-corrected chi connectivity index (χ1v) is 10.5. The number of halogens is 2. The quantitative estimate of drug-likeness (QED) is 0.690. The van der Waals surface area contributed by atoms with Crippen LogP contribution in [0.2, 0.25) is 10.0 Å². The number of H-pyrrole nitrogens is 1. The van der Waals surface area contributed by atoms with E-state index in [4.69, 9.17) is 32.9 Å². The fraction of sp³-hybridized carbons (Fsp3) is 0.474. The zero-order valence-corrected chi connectivity index (χ0v) is 17.7. The molecule has 1 N–H and O–H groups in total. The van der Waals surface area contributed by atoms with Gasteiger partial charge < -0.3 is 4.74 Å². The van der Waals surface area contributed by atoms with Gasteiger partial charge in [-0.1, -0.05) is 41.0 Å². The minimum Gasteiger partial charge on any atom is -0.375 e. The van der Waals surface area contributed by atoms with Crippen molar-refractivity contribution in [2.24, 2.45) is 4.99 Å². The summed E-state index contributed by atoms with van der Waals surface area (Å²) in [5, 5.41) is 4.85. The lowest BCUT2D eigenvalue weighted by atomic mass is 9.94. The smallest absolute Gasteiger partial charge is 0.271 e. The molecule has 144 valence electrons. The number of aromatic nitrogens is 2. The van der Waals surface area contributed by atoms with Crippen molar-refractivity contribution >= 4 is 45.8 Å². The molecule has 2 aromatic rings. The summed E-state index contributed by atoms with van der Waals surface area (Å²) in [6.07, 6.45) is 1.66. The number of hydrogen-bond acceptors (Lipinski definition) is 4. The molecule has 0 aliphatic carbocycles. The highest BCUT2D eigenvalue weighted by Crippen LogP contribution is 2.47. The maximum atomic E-state index is 12.9. The molecule has 8 heteroatoms. The molecule has 27 heavy (non-hydrogen) atoms. The van der Waals surface area contributed by atoms with Crippen molar-refractivity contribution in [2.75, 3.05) is 6.61 Å². The second-order valence-corrected chi connectivity index (χ2v) is 9.74. The van der Waals surface area contributed by atoms with Gasteiger partial charge in [0.05, 0.1) is 27.5 Å². The number of benzene rings is 1. The van der Waals surface area contributed by atoms with Gasteiger partial charge in [0.15, 0.2) is 5.82 Å². The van der Waals surface area contributed by atoms with E-state index in [-0.39, 0.29) is 22.5 Å². The molecule has 0 radical (unpaired) electrons. The Bertz CT molecular complexity index is 980. The van der Waals surface area contributed by atoms with Crippen LogP contribution in [0.4, 0.5) is 5.82 Å². The molecule has 0 saturated carbocycles. The molecule has 1 fully saturated rings. The van der Waals surface area contributed by atoms with Crippen LogP contribution in [0.3, 0.4) is 0 Å². The Morgan fingerprint density at radius 2 is 2.15 bits per heavy atom. The van der Waals surface area contributed by atoms with Crippen LogP contribution >= 0.6 is 35.0 Å². The van der Waals surface area contributed by atoms with Crippen molar-refractivity contribution in [3.05, 3.63) is 49.7 Å². The summed E-state index contributed by atoms with van der Waals surface area (Å²) in [4.78, 5) is 17.6. The Labute approximate surface area is 172 Å². The first-order chi connectivity index (χ1) is 12.7. The molecule has 0 bridgehead atoms. The largest absolute Gasteiger partial charge is 0.375 e. The number of aromatic amines is 1. The van der Waals surface area contributed by atoms with Crippen LogP contribution in [0.1, 0.15) is 56.0 Å². The van der Waals surface area contributed by atoms with Gasteiger partial charge in [-0.05, 0) is 51.3 Å². The van der Waals surface area contributed by atoms with Gasteiger partial charge in [0.1, 0.15) is 0 Å². The second kappa shape index (κ2) is 6.99. The number of thioether (sulfide) groups is 1. The van der Waals surface area contributed by atoms with Crippen molar-refractivity contribution < 1.29 is 4.74 Å². The lowest BCUT2D eigenvalue weighted by Crippen LogP contribution is -2.35. The highest BCUT2D eigenvalue weighted by atomic mass is 35.5.